The van der Waals surface area contributed by atoms with E-state index in [1.54, 1.807) is 0 Å². The Kier molecular flexibility index (Phi) is 26.2. The van der Waals surface area contributed by atoms with Gasteiger partial charge in [0.15, 0.2) is 0 Å². The third-order valence-electron chi connectivity index (χ3n) is 2.68. The van der Waals surface area contributed by atoms with E-state index in [4.69, 9.17) is 8.97 Å². The normalized spacial score (nSPS) is 8.03. The van der Waals surface area contributed by atoms with Gasteiger partial charge in [0, 0.05) is 0 Å². The molecule has 0 radical (unpaired) electrons. The topological polar surface area (TPSA) is 106 Å². The molecule has 0 aliphatic heterocycles. The first-order valence-electron chi connectivity index (χ1n) is 8.00. The van der Waals surface area contributed by atoms with Crippen molar-refractivity contribution in [2.45, 2.75) is 0 Å². The van der Waals surface area contributed by atoms with Crippen molar-refractivity contribution in [1.82, 2.24) is 0 Å². The zero-order chi connectivity index (χ0) is 22.9. The first-order valence-corrected chi connectivity index (χ1v) is 10.4. The van der Waals surface area contributed by atoms with Crippen molar-refractivity contribution in [3.63, 3.8) is 0 Å². The Labute approximate surface area is 191 Å². The van der Waals surface area contributed by atoms with E-state index in [2.05, 4.69) is 33.9 Å². The Morgan fingerprint density at radius 1 is 0.613 bits per heavy atom. The first kappa shape index (κ1) is 32.5. The fraction of sp³-hybridized carbons (Fsp3) is 0. The fourth-order valence-electron chi connectivity index (χ4n) is 1.24. The third-order valence-corrected chi connectivity index (χ3v) is 4.39. The summed E-state index contributed by atoms with van der Waals surface area (Å²) in [6.45, 7) is 0. The van der Waals surface area contributed by atoms with E-state index < -0.39 is 13.0 Å². The molecule has 3 rings (SSSR count). The molecule has 0 fully saturated rings. The van der Waals surface area contributed by atoms with Crippen LogP contribution in [-0.4, -0.2) is 28.9 Å². The molecule has 0 aliphatic rings. The molecule has 6 nitrogen and oxygen atoms in total. The molecule has 0 spiro atoms. The van der Waals surface area contributed by atoms with E-state index in [1.165, 1.54) is 0 Å². The van der Waals surface area contributed by atoms with E-state index in [0.29, 0.717) is 0 Å². The van der Waals surface area contributed by atoms with Crippen LogP contribution in [0.4, 0.5) is 4.79 Å². The number of carboxylic acid groups (broad SMARTS) is 1. The SMILES string of the molecule is O=C[P+](C=O)(C=O)C(=O)O.[CH3-].[O]=[Co].[c-]1ccccc1.[c-]1ccccc1.[c-]1ccccc1. The van der Waals surface area contributed by atoms with E-state index in [1.807, 2.05) is 91.0 Å². The summed E-state index contributed by atoms with van der Waals surface area (Å²) >= 11 is 2.31. The molecule has 31 heavy (non-hydrogen) atoms. The molecular formula is C23H22CoO6P-3. The summed E-state index contributed by atoms with van der Waals surface area (Å²) in [6, 6.07) is 37.2. The van der Waals surface area contributed by atoms with Crippen LogP contribution < -0.4 is 0 Å². The van der Waals surface area contributed by atoms with Crippen molar-refractivity contribution >= 4 is 31.1 Å². The van der Waals surface area contributed by atoms with E-state index in [-0.39, 0.29) is 25.5 Å². The van der Waals surface area contributed by atoms with Gasteiger partial charge in [-0.15, -0.1) is 0 Å². The van der Waals surface area contributed by atoms with Crippen LogP contribution in [0.2, 0.25) is 0 Å². The van der Waals surface area contributed by atoms with Crippen molar-refractivity contribution in [1.29, 1.82) is 0 Å². The van der Waals surface area contributed by atoms with Gasteiger partial charge in [0.2, 0.25) is 0 Å². The molecule has 0 aromatic heterocycles. The van der Waals surface area contributed by atoms with Crippen molar-refractivity contribution in [2.24, 2.45) is 0 Å². The average molecular weight is 484 g/mol. The number of carbonyl (C=O) groups excluding carboxylic acids is 3. The number of carbonyl (C=O) groups is 4. The summed E-state index contributed by atoms with van der Waals surface area (Å²) in [6.07, 6.45) is 0. The smallest absolute Gasteiger partial charge is 0.171 e. The molecule has 167 valence electrons. The minimum absolute atomic E-state index is 0. The summed E-state index contributed by atoms with van der Waals surface area (Å²) in [5.41, 5.74) is -1.65. The Balaban J connectivity index is -0.000000331. The molecule has 3 aromatic rings. The second-order valence-corrected chi connectivity index (χ2v) is 7.35. The van der Waals surface area contributed by atoms with Crippen LogP contribution in [0.1, 0.15) is 0 Å². The van der Waals surface area contributed by atoms with Crippen LogP contribution in [0.15, 0.2) is 91.0 Å². The summed E-state index contributed by atoms with van der Waals surface area (Å²) in [7, 11) is -3.64. The zero-order valence-electron chi connectivity index (χ0n) is 16.7. The number of benzene rings is 3. The van der Waals surface area contributed by atoms with Gasteiger partial charge in [-0.2, -0.15) is 109 Å². The van der Waals surface area contributed by atoms with E-state index in [0.717, 1.165) is 0 Å². The molecule has 0 amide bonds. The Hall–Kier alpha value is -3.12. The van der Waals surface area contributed by atoms with Crippen molar-refractivity contribution < 1.29 is 43.8 Å². The Bertz CT molecular complexity index is 612. The molecule has 0 unspecified atom stereocenters. The molecular weight excluding hydrogens is 462 g/mol. The van der Waals surface area contributed by atoms with Crippen molar-refractivity contribution in [3.05, 3.63) is 117 Å². The van der Waals surface area contributed by atoms with Gasteiger partial charge < -0.3 is 12.5 Å². The third kappa shape index (κ3) is 18.6. The van der Waals surface area contributed by atoms with Gasteiger partial charge in [0.25, 0.3) is 18.1 Å². The number of rotatable bonds is 4. The predicted octanol–water partition coefficient (Wildman–Crippen LogP) is 5.04. The van der Waals surface area contributed by atoms with Crippen LogP contribution in [0.5, 0.6) is 0 Å². The second-order valence-electron chi connectivity index (χ2n) is 4.67. The minimum Gasteiger partial charge on any atom is -0.184 e. The van der Waals surface area contributed by atoms with E-state index >= 15 is 0 Å². The molecule has 3 aromatic carbocycles. The zero-order valence-corrected chi connectivity index (χ0v) is 18.6. The Morgan fingerprint density at radius 3 is 0.871 bits per heavy atom. The summed E-state index contributed by atoms with van der Waals surface area (Å²) in [5.74, 6) is 0. The van der Waals surface area contributed by atoms with Gasteiger partial charge in [-0.25, -0.2) is 4.79 Å². The van der Waals surface area contributed by atoms with Crippen LogP contribution in [-0.2, 0) is 33.9 Å². The molecule has 0 atom stereocenters. The molecule has 0 saturated carbocycles. The van der Waals surface area contributed by atoms with Gasteiger partial charge >= 0.3 is 32.5 Å². The minimum atomic E-state index is -3.64. The van der Waals surface area contributed by atoms with Crippen LogP contribution in [0, 0.1) is 25.6 Å². The summed E-state index contributed by atoms with van der Waals surface area (Å²) < 4.78 is 7.94. The average Bonchev–Trinajstić information content (AvgIpc) is 2.86. The number of hydrogen-bond donors (Lipinski definition) is 1. The maximum absolute atomic E-state index is 10.1. The predicted molar refractivity (Wildman–Crippen MR) is 118 cm³/mol. The first-order chi connectivity index (χ1) is 14.6. The maximum atomic E-state index is 10.1. The van der Waals surface area contributed by atoms with Gasteiger partial charge in [-0.3, -0.25) is 14.4 Å². The molecule has 1 N–H and O–H groups in total. The van der Waals surface area contributed by atoms with E-state index in [9.17, 15) is 19.2 Å². The Morgan fingerprint density at radius 2 is 0.839 bits per heavy atom. The van der Waals surface area contributed by atoms with Crippen molar-refractivity contribution in [3.8, 4) is 0 Å². The van der Waals surface area contributed by atoms with Crippen molar-refractivity contribution in [2.75, 3.05) is 0 Å². The molecule has 0 bridgehead atoms. The van der Waals surface area contributed by atoms with Crippen LogP contribution in [0.25, 0.3) is 0 Å². The van der Waals surface area contributed by atoms with Gasteiger partial charge in [-0.1, -0.05) is 0 Å². The van der Waals surface area contributed by atoms with Crippen LogP contribution in [0.3, 0.4) is 0 Å². The molecule has 0 saturated heterocycles. The number of hydrogen-bond acceptors (Lipinski definition) is 5. The largest absolute Gasteiger partial charge is 0.184 e. The standard InChI is InChI=1S/3C6H5.C4H3O5P.CH3.Co.O/c3*1-2-4-6-5-3-1;5-1-10(2-6,3-7)4(8)9;;;/h3*1-5H;1-3H;1H3;;/q3*-1;;-1;;/p+1. The fourth-order valence-corrected chi connectivity index (χ4v) is 1.66. The van der Waals surface area contributed by atoms with Gasteiger partial charge in [-0.05, 0) is 0 Å². The monoisotopic (exact) mass is 484 g/mol. The molecule has 0 heterocycles. The summed E-state index contributed by atoms with van der Waals surface area (Å²) in [5, 5.41) is 8.18. The summed E-state index contributed by atoms with van der Waals surface area (Å²) in [4.78, 5) is 39.9. The molecule has 8 heteroatoms. The maximum Gasteiger partial charge on any atom is -0.171 e. The van der Waals surface area contributed by atoms with Gasteiger partial charge in [0.05, 0.1) is 0 Å². The van der Waals surface area contributed by atoms with Gasteiger partial charge in [0.1, 0.15) is 0 Å². The molecule has 0 aliphatic carbocycles. The second kappa shape index (κ2) is 24.9. The quantitative estimate of drug-likeness (QED) is 0.316. The van der Waals surface area contributed by atoms with Crippen LogP contribution >= 0.6 is 7.26 Å².